The van der Waals surface area contributed by atoms with Crippen molar-refractivity contribution in [3.63, 3.8) is 0 Å². The van der Waals surface area contributed by atoms with Crippen molar-refractivity contribution in [1.29, 1.82) is 0 Å². The van der Waals surface area contributed by atoms with Crippen LogP contribution in [-0.2, 0) is 32.7 Å². The van der Waals surface area contributed by atoms with Gasteiger partial charge in [0, 0.05) is 60.7 Å². The number of ether oxygens (including phenoxy) is 1. The molecule has 14 aliphatic rings. The van der Waals surface area contributed by atoms with E-state index < -0.39 is 56.0 Å². The van der Waals surface area contributed by atoms with Crippen molar-refractivity contribution < 1.29 is 39.9 Å². The van der Waals surface area contributed by atoms with E-state index in [1.54, 1.807) is 0 Å². The largest absolute Gasteiger partial charge is 0.508 e. The van der Waals surface area contributed by atoms with Gasteiger partial charge in [-0.3, -0.25) is 9.59 Å². The lowest BCUT2D eigenvalue weighted by Gasteiger charge is -2.77. The van der Waals surface area contributed by atoms with Crippen molar-refractivity contribution in [3.8, 4) is 5.75 Å². The van der Waals surface area contributed by atoms with Crippen LogP contribution in [0.3, 0.4) is 0 Å². The lowest BCUT2D eigenvalue weighted by molar-refractivity contribution is -0.255. The molecule has 9 fully saturated rings. The molecule has 12 aliphatic carbocycles. The molecule has 2 heterocycles. The Morgan fingerprint density at radius 2 is 1.65 bits per heavy atom. The van der Waals surface area contributed by atoms with E-state index in [1.165, 1.54) is 16.7 Å². The summed E-state index contributed by atoms with van der Waals surface area (Å²) in [7, 11) is 1.92. The molecule has 10 bridgehead atoms. The fourth-order valence-corrected chi connectivity index (χ4v) is 24.9. The lowest BCUT2D eigenvalue weighted by Crippen LogP contribution is -2.79. The van der Waals surface area contributed by atoms with Crippen molar-refractivity contribution in [2.24, 2.45) is 92.7 Å². The van der Waals surface area contributed by atoms with E-state index >= 15 is 9.59 Å². The van der Waals surface area contributed by atoms with Crippen LogP contribution in [0.2, 0.25) is 0 Å². The number of carbonyl (C=O) groups is 2. The number of aromatic hydroxyl groups is 1. The second-order valence-electron chi connectivity index (χ2n) is 32.0. The van der Waals surface area contributed by atoms with Gasteiger partial charge in [-0.05, 0) is 251 Å². The molecule has 9 N–H and O–H groups in total. The van der Waals surface area contributed by atoms with Gasteiger partial charge < -0.3 is 46.6 Å². The number of fused-ring (bicyclic) bond motifs is 3. The van der Waals surface area contributed by atoms with E-state index in [2.05, 4.69) is 93.8 Å². The third kappa shape index (κ3) is 7.97. The first-order valence-corrected chi connectivity index (χ1v) is 33.7. The average molecular weight is 1150 g/mol. The molecule has 0 unspecified atom stereocenters. The van der Waals surface area contributed by atoms with Crippen LogP contribution in [0.15, 0.2) is 71.8 Å². The van der Waals surface area contributed by atoms with Crippen LogP contribution in [0, 0.1) is 92.7 Å². The molecular formula is C73H101N3O8. The van der Waals surface area contributed by atoms with Gasteiger partial charge in [0.15, 0.2) is 11.6 Å². The van der Waals surface area contributed by atoms with Gasteiger partial charge in [0.2, 0.25) is 0 Å². The number of aliphatic hydroxyl groups is 4. The number of hydrogen-bond donors (Lipinski definition) is 8. The number of nitrogen functional groups attached to an aromatic ring is 1. The number of anilines is 1. The maximum Gasteiger partial charge on any atom is 0.160 e. The molecule has 0 radical (unpaired) electrons. The molecule has 2 spiro atoms. The Labute approximate surface area is 500 Å². The van der Waals surface area contributed by atoms with E-state index in [9.17, 15) is 25.5 Å². The van der Waals surface area contributed by atoms with Gasteiger partial charge >= 0.3 is 0 Å². The van der Waals surface area contributed by atoms with Gasteiger partial charge in [-0.2, -0.15) is 0 Å². The van der Waals surface area contributed by atoms with Gasteiger partial charge in [0.25, 0.3) is 0 Å². The Balaban J connectivity index is 0.934. The molecule has 0 aromatic heterocycles. The summed E-state index contributed by atoms with van der Waals surface area (Å²) < 4.78 is 7.03. The number of ketones is 2. The lowest BCUT2D eigenvalue weighted by atomic mass is 9.27. The number of hydrogen-bond acceptors (Lipinski definition) is 11. The molecule has 11 heteroatoms. The maximum atomic E-state index is 16.9. The van der Waals surface area contributed by atoms with Crippen LogP contribution in [0.5, 0.6) is 5.75 Å². The summed E-state index contributed by atoms with van der Waals surface area (Å²) in [5.41, 5.74) is 8.40. The summed E-state index contributed by atoms with van der Waals surface area (Å²) in [6.07, 6.45) is 23.3. The summed E-state index contributed by atoms with van der Waals surface area (Å²) in [5.74, 6) is 0.923. The number of phenols is 1. The van der Waals surface area contributed by atoms with Gasteiger partial charge in [-0.1, -0.05) is 89.0 Å². The number of carbonyl (C=O) groups excluding carboxylic acids is 2. The van der Waals surface area contributed by atoms with Gasteiger partial charge in [-0.25, -0.2) is 0 Å². The van der Waals surface area contributed by atoms with Crippen LogP contribution < -0.4 is 16.4 Å². The highest BCUT2D eigenvalue weighted by Crippen LogP contribution is 2.84. The average Bonchev–Trinajstić information content (AvgIpc) is 1.29. The monoisotopic (exact) mass is 1150 g/mol. The van der Waals surface area contributed by atoms with E-state index in [1.807, 2.05) is 26.1 Å². The summed E-state index contributed by atoms with van der Waals surface area (Å²) in [6, 6.07) is 12.6. The summed E-state index contributed by atoms with van der Waals surface area (Å²) in [5, 5.41) is 69.3. The van der Waals surface area contributed by atoms with Crippen molar-refractivity contribution >= 4 is 17.3 Å². The normalized spacial score (nSPS) is 47.5. The minimum absolute atomic E-state index is 0.00772. The maximum absolute atomic E-state index is 16.9. The molecular weight excluding hydrogens is 1050 g/mol. The predicted molar refractivity (Wildman–Crippen MR) is 327 cm³/mol. The second-order valence-corrected chi connectivity index (χ2v) is 32.0. The standard InChI is InChI=1S/C73H101N3O8/c1-41(2)28-42-29-46(33-49(74)31-42)51-12-10-13-54(51)69(6)63(84-69)62(81)53-20-19-52-45(37-77)16-15-44-17-18-47(38-78)73-39-71-26-27-72(48-30-43(36-75-7)32-50(79)34-48)57-14-11-25-70(65(72)82,24-9-8-23-66(3,83)40-76-71)64(71)68(57,5)58(73)22-21-55-61(60(53)59(44)52)56(80)35-67(55,73)4/h11,14,19-20,29-34,41,44-45,47,51-54,57-60,62-64,75-79,81,83H,8-10,12-13,15-18,21-28,35-40,74H2,1-7H3/t44-,45+,47+,51+,52+,53-,54-,57-,58-,59+,60+,62-,63-,64-,66+,67+,68+,69-,70+,71+,72-,73-/m1/s1. The minimum atomic E-state index is -0.989. The molecule has 2 saturated heterocycles. The third-order valence-corrected chi connectivity index (χ3v) is 27.5. The Hall–Kier alpha value is -3.68. The van der Waals surface area contributed by atoms with Crippen LogP contribution in [0.25, 0.3) is 0 Å². The van der Waals surface area contributed by atoms with Crippen LogP contribution in [0.1, 0.15) is 185 Å². The van der Waals surface area contributed by atoms with Gasteiger partial charge in [0.05, 0.1) is 22.7 Å². The van der Waals surface area contributed by atoms with Crippen molar-refractivity contribution in [2.75, 3.05) is 32.5 Å². The van der Waals surface area contributed by atoms with Crippen molar-refractivity contribution in [2.45, 2.75) is 210 Å². The van der Waals surface area contributed by atoms with Crippen molar-refractivity contribution in [1.82, 2.24) is 10.6 Å². The molecule has 22 atom stereocenters. The van der Waals surface area contributed by atoms with Crippen molar-refractivity contribution in [3.05, 3.63) is 94.1 Å². The number of benzene rings is 2. The highest BCUT2D eigenvalue weighted by Gasteiger charge is 2.84. The van der Waals surface area contributed by atoms with Gasteiger partial charge in [-0.15, -0.1) is 0 Å². The SMILES string of the molecule is CNCc1cc(O)cc([C@]23CC[C@@]45C[C@@]67[C@H](CO)CC[C@H]8CC[C@@H](CO)[C@@H]9C=C[C@@H]([C@@H](O)[C@H]%10O[C@]%10(C)[C@@H]%10CCC[C@H]%10c%10cc(N)cc(CC(C)C)c%10)[C@H](C%10=C(CC[C@@H]6[C@]6(C)[C@H]2C=CC[C@](CCCC[C@](C)(O)CN4)(C3=O)[C@H]56)[C@]7(C)CC%10=O)[C@@H]89)c1. The molecule has 0 amide bonds. The Kier molecular flexibility index (Phi) is 13.9. The zero-order valence-corrected chi connectivity index (χ0v) is 51.7. The molecule has 2 aromatic rings. The highest BCUT2D eigenvalue weighted by atomic mass is 16.6. The van der Waals surface area contributed by atoms with E-state index in [-0.39, 0.29) is 95.8 Å². The number of nitrogens with two attached hydrogens (primary N) is 1. The first-order valence-electron chi connectivity index (χ1n) is 33.7. The first-order chi connectivity index (χ1) is 40.1. The quantitative estimate of drug-likeness (QED) is 0.0605. The smallest absolute Gasteiger partial charge is 0.160 e. The second kappa shape index (κ2) is 20.2. The van der Waals surface area contributed by atoms with E-state index in [0.717, 1.165) is 106 Å². The Morgan fingerprint density at radius 1 is 0.857 bits per heavy atom. The highest BCUT2D eigenvalue weighted by molar-refractivity contribution is 6.01. The number of β-amino-alcohol motifs (C(OH)–C–C–N with tert-alkyl or cyclic N) is 1. The summed E-state index contributed by atoms with van der Waals surface area (Å²) in [4.78, 5) is 33.4. The van der Waals surface area contributed by atoms with Crippen LogP contribution in [0.4, 0.5) is 5.69 Å². The van der Waals surface area contributed by atoms with E-state index in [0.29, 0.717) is 63.3 Å². The molecule has 456 valence electrons. The number of Topliss-reactive ketones (excluding diaryl/α,β-unsaturated/α-hetero) is 2. The number of aliphatic hydroxyl groups excluding tert-OH is 3. The number of rotatable bonds is 11. The van der Waals surface area contributed by atoms with Crippen LogP contribution in [-0.4, -0.2) is 92.9 Å². The minimum Gasteiger partial charge on any atom is -0.508 e. The predicted octanol–water partition coefficient (Wildman–Crippen LogP) is 11.0. The molecule has 84 heavy (non-hydrogen) atoms. The first kappa shape index (κ1) is 58.0. The molecule has 11 nitrogen and oxygen atoms in total. The Bertz CT molecular complexity index is 3080. The van der Waals surface area contributed by atoms with E-state index in [4.69, 9.17) is 10.5 Å². The Morgan fingerprint density at radius 3 is 2.43 bits per heavy atom. The molecule has 2 aliphatic heterocycles. The summed E-state index contributed by atoms with van der Waals surface area (Å²) in [6.45, 7) is 14.8. The number of epoxide rings is 1. The third-order valence-electron chi connectivity index (χ3n) is 27.5. The molecule has 16 rings (SSSR count). The topological polar surface area (TPSA) is 198 Å². The fraction of sp³-hybridized carbons (Fsp3) is 0.726. The fourth-order valence-electron chi connectivity index (χ4n) is 24.9. The zero-order chi connectivity index (χ0) is 58.9. The van der Waals surface area contributed by atoms with Crippen LogP contribution >= 0.6 is 0 Å². The van der Waals surface area contributed by atoms with Gasteiger partial charge in [0.1, 0.15) is 11.9 Å². The number of allylic oxidation sites excluding steroid dienone is 5. The molecule has 2 aromatic carbocycles. The number of phenolic OH excluding ortho intramolecular Hbond substituents is 1. The molecule has 7 saturated carbocycles. The zero-order valence-electron chi connectivity index (χ0n) is 51.7. The number of nitrogens with one attached hydrogen (secondary N) is 2. The summed E-state index contributed by atoms with van der Waals surface area (Å²) >= 11 is 0.